The van der Waals surface area contributed by atoms with Crippen molar-refractivity contribution < 1.29 is 27.6 Å². The van der Waals surface area contributed by atoms with Crippen molar-refractivity contribution in [1.29, 1.82) is 0 Å². The Morgan fingerprint density at radius 2 is 1.32 bits per heavy atom. The van der Waals surface area contributed by atoms with Crippen LogP contribution < -0.4 is 5.32 Å². The van der Waals surface area contributed by atoms with Gasteiger partial charge in [-0.2, -0.15) is 13.2 Å². The number of nitrogens with one attached hydrogen (secondary N) is 1. The molecular formula is C30H27F3N2O3. The molecule has 0 fully saturated rings. The summed E-state index contributed by atoms with van der Waals surface area (Å²) >= 11 is 0. The van der Waals surface area contributed by atoms with Crippen molar-refractivity contribution in [3.05, 3.63) is 119 Å². The Labute approximate surface area is 219 Å². The fourth-order valence-corrected chi connectivity index (χ4v) is 4.72. The first kappa shape index (κ1) is 26.9. The van der Waals surface area contributed by atoms with Gasteiger partial charge in [0.05, 0.1) is 5.57 Å². The number of benzene rings is 3. The summed E-state index contributed by atoms with van der Waals surface area (Å²) in [5, 5.41) is 1.98. The molecule has 0 bridgehead atoms. The molecule has 0 saturated heterocycles. The highest BCUT2D eigenvalue weighted by molar-refractivity contribution is 6.19. The molecule has 0 aromatic heterocycles. The van der Waals surface area contributed by atoms with Crippen LogP contribution in [0.3, 0.4) is 0 Å². The molecule has 1 N–H and O–H groups in total. The van der Waals surface area contributed by atoms with E-state index in [0.717, 1.165) is 16.0 Å². The van der Waals surface area contributed by atoms with Crippen LogP contribution in [0.1, 0.15) is 34.8 Å². The molecule has 4 rings (SSSR count). The molecule has 0 radical (unpaired) electrons. The van der Waals surface area contributed by atoms with Gasteiger partial charge in [0.2, 0.25) is 11.4 Å². The number of alkyl halides is 3. The molecule has 0 spiro atoms. The lowest BCUT2D eigenvalue weighted by Gasteiger charge is -2.33. The second kappa shape index (κ2) is 11.0. The first-order chi connectivity index (χ1) is 18.1. The van der Waals surface area contributed by atoms with Gasteiger partial charge in [-0.15, -0.1) is 0 Å². The Balaban J connectivity index is 1.73. The van der Waals surface area contributed by atoms with E-state index < -0.39 is 34.9 Å². The monoisotopic (exact) mass is 520 g/mol. The van der Waals surface area contributed by atoms with Crippen molar-refractivity contribution in [2.45, 2.75) is 37.9 Å². The average Bonchev–Trinajstić information content (AvgIpc) is 3.13. The SMILES string of the molecule is CC1=C(C(=O)c2ccccc2)[C@@](NC(=O)CCc2ccccc2)(C(F)(F)F)C(=O)N1CCc1ccccc1. The molecule has 8 heteroatoms. The van der Waals surface area contributed by atoms with Gasteiger partial charge >= 0.3 is 6.18 Å². The maximum Gasteiger partial charge on any atom is 0.425 e. The molecule has 0 unspecified atom stereocenters. The molecular weight excluding hydrogens is 493 g/mol. The Hall–Kier alpha value is -4.20. The van der Waals surface area contributed by atoms with Gasteiger partial charge in [-0.3, -0.25) is 14.4 Å². The number of nitrogens with zero attached hydrogens (tertiary/aromatic N) is 1. The summed E-state index contributed by atoms with van der Waals surface area (Å²) in [7, 11) is 0. The second-order valence-electron chi connectivity index (χ2n) is 9.13. The van der Waals surface area contributed by atoms with Crippen LogP contribution in [0.2, 0.25) is 0 Å². The predicted octanol–water partition coefficient (Wildman–Crippen LogP) is 5.28. The molecule has 0 saturated carbocycles. The number of halogens is 3. The normalized spacial score (nSPS) is 17.6. The van der Waals surface area contributed by atoms with E-state index in [1.54, 1.807) is 60.7 Å². The highest BCUT2D eigenvalue weighted by atomic mass is 19.4. The van der Waals surface area contributed by atoms with Crippen molar-refractivity contribution in [1.82, 2.24) is 10.2 Å². The number of allylic oxidation sites excluding steroid dienone is 1. The third-order valence-corrected chi connectivity index (χ3v) is 6.67. The standard InChI is InChI=1S/C30H27F3N2O3/c1-21-26(27(37)24-15-9-4-10-16-24)29(30(31,32)33,34-25(36)18-17-22-11-5-2-6-12-22)28(38)35(21)20-19-23-13-7-3-8-14-23/h2-16H,17-20H2,1H3,(H,34,36)/t29-/m0/s1. The summed E-state index contributed by atoms with van der Waals surface area (Å²) < 4.78 is 44.9. The van der Waals surface area contributed by atoms with Crippen LogP contribution in [0.15, 0.2) is 102 Å². The number of hydrogen-bond donors (Lipinski definition) is 1. The first-order valence-corrected chi connectivity index (χ1v) is 12.2. The van der Waals surface area contributed by atoms with Gasteiger partial charge in [-0.05, 0) is 30.9 Å². The molecule has 1 aliphatic rings. The number of amides is 2. The molecule has 196 valence electrons. The van der Waals surface area contributed by atoms with E-state index in [4.69, 9.17) is 0 Å². The Bertz CT molecular complexity index is 1340. The molecule has 1 aliphatic heterocycles. The predicted molar refractivity (Wildman–Crippen MR) is 137 cm³/mol. The van der Waals surface area contributed by atoms with Crippen LogP contribution in [0.4, 0.5) is 13.2 Å². The summed E-state index contributed by atoms with van der Waals surface area (Å²) in [6.07, 6.45) is -5.11. The number of ketones is 1. The third kappa shape index (κ3) is 5.25. The minimum absolute atomic E-state index is 0.00767. The average molecular weight is 521 g/mol. The molecule has 2 amide bonds. The summed E-state index contributed by atoms with van der Waals surface area (Å²) in [6, 6.07) is 25.3. The van der Waals surface area contributed by atoms with E-state index in [0.29, 0.717) is 0 Å². The zero-order valence-corrected chi connectivity index (χ0v) is 20.8. The topological polar surface area (TPSA) is 66.5 Å². The summed E-state index contributed by atoms with van der Waals surface area (Å²) in [5.41, 5.74) is -2.82. The van der Waals surface area contributed by atoms with Crippen molar-refractivity contribution in [3.8, 4) is 0 Å². The van der Waals surface area contributed by atoms with Crippen molar-refractivity contribution in [2.24, 2.45) is 0 Å². The third-order valence-electron chi connectivity index (χ3n) is 6.67. The number of rotatable bonds is 9. The second-order valence-corrected chi connectivity index (χ2v) is 9.13. The fourth-order valence-electron chi connectivity index (χ4n) is 4.72. The molecule has 1 atom stereocenters. The minimum atomic E-state index is -5.27. The summed E-state index contributed by atoms with van der Waals surface area (Å²) in [5.74, 6) is -3.32. The van der Waals surface area contributed by atoms with Gasteiger partial charge in [0, 0.05) is 24.2 Å². The number of Topliss-reactive ketones (excluding diaryl/α,β-unsaturated/α-hetero) is 1. The van der Waals surface area contributed by atoms with Crippen molar-refractivity contribution in [2.75, 3.05) is 6.54 Å². The van der Waals surface area contributed by atoms with E-state index in [1.165, 1.54) is 31.2 Å². The van der Waals surface area contributed by atoms with Gasteiger partial charge < -0.3 is 10.2 Å². The van der Waals surface area contributed by atoms with E-state index in [9.17, 15) is 27.6 Å². The van der Waals surface area contributed by atoms with E-state index in [-0.39, 0.29) is 37.1 Å². The summed E-state index contributed by atoms with van der Waals surface area (Å²) in [4.78, 5) is 41.1. The van der Waals surface area contributed by atoms with Crippen LogP contribution in [0, 0.1) is 0 Å². The molecule has 3 aromatic rings. The quantitative estimate of drug-likeness (QED) is 0.391. The van der Waals surface area contributed by atoms with E-state index >= 15 is 0 Å². The van der Waals surface area contributed by atoms with Crippen LogP contribution >= 0.6 is 0 Å². The zero-order chi connectivity index (χ0) is 27.3. The maximum absolute atomic E-state index is 15.0. The molecule has 3 aromatic carbocycles. The minimum Gasteiger partial charge on any atom is -0.330 e. The smallest absolute Gasteiger partial charge is 0.330 e. The maximum atomic E-state index is 15.0. The molecule has 38 heavy (non-hydrogen) atoms. The van der Waals surface area contributed by atoms with Crippen LogP contribution in [0.25, 0.3) is 0 Å². The van der Waals surface area contributed by atoms with E-state index in [1.807, 2.05) is 11.4 Å². The van der Waals surface area contributed by atoms with Gasteiger partial charge in [0.25, 0.3) is 5.91 Å². The van der Waals surface area contributed by atoms with Crippen LogP contribution in [-0.2, 0) is 22.4 Å². The Morgan fingerprint density at radius 3 is 1.84 bits per heavy atom. The van der Waals surface area contributed by atoms with Gasteiger partial charge in [0.1, 0.15) is 0 Å². The zero-order valence-electron chi connectivity index (χ0n) is 20.8. The van der Waals surface area contributed by atoms with Crippen molar-refractivity contribution in [3.63, 3.8) is 0 Å². The largest absolute Gasteiger partial charge is 0.425 e. The van der Waals surface area contributed by atoms with Crippen molar-refractivity contribution >= 4 is 17.6 Å². The van der Waals surface area contributed by atoms with Gasteiger partial charge in [-0.25, -0.2) is 0 Å². The number of aryl methyl sites for hydroxylation is 1. The first-order valence-electron chi connectivity index (χ1n) is 12.2. The van der Waals surface area contributed by atoms with Gasteiger partial charge in [-0.1, -0.05) is 91.0 Å². The lowest BCUT2D eigenvalue weighted by Crippen LogP contribution is -2.66. The lowest BCUT2D eigenvalue weighted by atomic mass is 9.84. The number of carbonyl (C=O) groups is 3. The Morgan fingerprint density at radius 1 is 0.816 bits per heavy atom. The van der Waals surface area contributed by atoms with Crippen LogP contribution in [-0.4, -0.2) is 40.8 Å². The lowest BCUT2D eigenvalue weighted by molar-refractivity contribution is -0.193. The van der Waals surface area contributed by atoms with E-state index in [2.05, 4.69) is 0 Å². The van der Waals surface area contributed by atoms with Gasteiger partial charge in [0.15, 0.2) is 5.78 Å². The number of hydrogen-bond acceptors (Lipinski definition) is 3. The Kier molecular flexibility index (Phi) is 7.80. The molecule has 1 heterocycles. The molecule has 5 nitrogen and oxygen atoms in total. The fraction of sp³-hybridized carbons (Fsp3) is 0.233. The summed E-state index contributed by atoms with van der Waals surface area (Å²) in [6.45, 7) is 1.24. The molecule has 0 aliphatic carbocycles. The highest BCUT2D eigenvalue weighted by Crippen LogP contribution is 2.46. The number of carbonyl (C=O) groups excluding carboxylic acids is 3. The van der Waals surface area contributed by atoms with Crippen LogP contribution in [0.5, 0.6) is 0 Å². The highest BCUT2D eigenvalue weighted by Gasteiger charge is 2.70.